The van der Waals surface area contributed by atoms with Crippen molar-refractivity contribution in [1.29, 1.82) is 0 Å². The highest BCUT2D eigenvalue weighted by Gasteiger charge is 2.49. The van der Waals surface area contributed by atoms with Crippen molar-refractivity contribution < 1.29 is 23.4 Å². The van der Waals surface area contributed by atoms with Crippen LogP contribution in [0.15, 0.2) is 17.2 Å². The highest BCUT2D eigenvalue weighted by atomic mass is 32.2. The van der Waals surface area contributed by atoms with Gasteiger partial charge in [0.1, 0.15) is 10.6 Å². The van der Waals surface area contributed by atoms with Crippen LogP contribution in [-0.2, 0) is 17.1 Å². The van der Waals surface area contributed by atoms with Crippen molar-refractivity contribution in [3.63, 3.8) is 0 Å². The predicted octanol–water partition coefficient (Wildman–Crippen LogP) is 0.161. The van der Waals surface area contributed by atoms with Crippen molar-refractivity contribution in [2.75, 3.05) is 0 Å². The Morgan fingerprint density at radius 1 is 1.50 bits per heavy atom. The summed E-state index contributed by atoms with van der Waals surface area (Å²) in [5, 5.41) is 18.6. The number of nitrogens with zero attached hydrogens (tertiary/aromatic N) is 1. The number of carboxylic acids is 1. The van der Waals surface area contributed by atoms with Crippen LogP contribution < -0.4 is 4.72 Å². The quantitative estimate of drug-likeness (QED) is 0.734. The molecule has 112 valence electrons. The topological polar surface area (TPSA) is 109 Å². The van der Waals surface area contributed by atoms with Gasteiger partial charge in [0, 0.05) is 24.7 Å². The van der Waals surface area contributed by atoms with E-state index in [9.17, 15) is 18.3 Å². The minimum Gasteiger partial charge on any atom is -0.477 e. The number of hydrogen-bond donors (Lipinski definition) is 3. The van der Waals surface area contributed by atoms with Crippen molar-refractivity contribution in [3.8, 4) is 0 Å². The number of carboxylic acid groups (broad SMARTS) is 1. The van der Waals surface area contributed by atoms with Gasteiger partial charge in [0.15, 0.2) is 0 Å². The Morgan fingerprint density at radius 3 is 2.50 bits per heavy atom. The van der Waals surface area contributed by atoms with Crippen LogP contribution in [0.2, 0.25) is 0 Å². The number of carbonyl (C=O) groups is 1. The van der Waals surface area contributed by atoms with E-state index in [-0.39, 0.29) is 16.6 Å². The molecule has 0 saturated heterocycles. The van der Waals surface area contributed by atoms with E-state index in [4.69, 9.17) is 5.11 Å². The van der Waals surface area contributed by atoms with Crippen molar-refractivity contribution in [2.45, 2.75) is 37.3 Å². The van der Waals surface area contributed by atoms with E-state index in [0.29, 0.717) is 6.42 Å². The molecule has 0 aliphatic heterocycles. The fraction of sp³-hybridized carbons (Fsp3) is 0.583. The molecule has 1 aliphatic rings. The Morgan fingerprint density at radius 2 is 2.10 bits per heavy atom. The van der Waals surface area contributed by atoms with Crippen molar-refractivity contribution in [2.24, 2.45) is 12.5 Å². The second-order valence-corrected chi connectivity index (χ2v) is 7.44. The number of nitrogens with one attached hydrogen (secondary N) is 1. The summed E-state index contributed by atoms with van der Waals surface area (Å²) < 4.78 is 28.2. The summed E-state index contributed by atoms with van der Waals surface area (Å²) >= 11 is 0. The smallest absolute Gasteiger partial charge is 0.352 e. The van der Waals surface area contributed by atoms with Crippen molar-refractivity contribution in [1.82, 2.24) is 9.29 Å². The molecule has 8 heteroatoms. The molecule has 2 atom stereocenters. The molecule has 0 radical (unpaired) electrons. The highest BCUT2D eigenvalue weighted by molar-refractivity contribution is 7.89. The number of hydrogen-bond acceptors (Lipinski definition) is 4. The van der Waals surface area contributed by atoms with E-state index in [0.717, 1.165) is 6.07 Å². The summed E-state index contributed by atoms with van der Waals surface area (Å²) in [6.07, 6.45) is 1.07. The third-order valence-electron chi connectivity index (χ3n) is 4.02. The fourth-order valence-electron chi connectivity index (χ4n) is 2.25. The molecule has 0 spiro atoms. The maximum absolute atomic E-state index is 12.2. The van der Waals surface area contributed by atoms with Crippen LogP contribution in [0.25, 0.3) is 0 Å². The molecule has 2 rings (SSSR count). The SMILES string of the molecule is Cn1cc(S(=O)(=O)NC2CC(O)C2(C)C)cc1C(=O)O. The van der Waals surface area contributed by atoms with Gasteiger partial charge >= 0.3 is 5.97 Å². The lowest BCUT2D eigenvalue weighted by atomic mass is 9.65. The summed E-state index contributed by atoms with van der Waals surface area (Å²) in [6, 6.07) is 0.753. The van der Waals surface area contributed by atoms with E-state index in [1.54, 1.807) is 13.8 Å². The average molecular weight is 302 g/mol. The number of aliphatic hydroxyl groups is 1. The average Bonchev–Trinajstić information content (AvgIpc) is 2.71. The number of aliphatic hydroxyl groups excluding tert-OH is 1. The van der Waals surface area contributed by atoms with Crippen LogP contribution in [0.4, 0.5) is 0 Å². The molecular weight excluding hydrogens is 284 g/mol. The lowest BCUT2D eigenvalue weighted by molar-refractivity contribution is -0.0645. The van der Waals surface area contributed by atoms with E-state index in [2.05, 4.69) is 4.72 Å². The van der Waals surface area contributed by atoms with Gasteiger partial charge in [-0.3, -0.25) is 0 Å². The third-order valence-corrected chi connectivity index (χ3v) is 5.46. The third kappa shape index (κ3) is 2.34. The number of aromatic nitrogens is 1. The fourth-order valence-corrected chi connectivity index (χ4v) is 3.73. The number of aromatic carboxylic acids is 1. The predicted molar refractivity (Wildman–Crippen MR) is 70.9 cm³/mol. The monoisotopic (exact) mass is 302 g/mol. The molecule has 1 fully saturated rings. The van der Waals surface area contributed by atoms with Gasteiger partial charge < -0.3 is 14.8 Å². The summed E-state index contributed by atoms with van der Waals surface area (Å²) in [4.78, 5) is 10.8. The van der Waals surface area contributed by atoms with Gasteiger partial charge in [0.2, 0.25) is 10.0 Å². The zero-order valence-electron chi connectivity index (χ0n) is 11.5. The zero-order valence-corrected chi connectivity index (χ0v) is 12.3. The molecule has 0 bridgehead atoms. The van der Waals surface area contributed by atoms with Crippen LogP contribution in [0.5, 0.6) is 0 Å². The van der Waals surface area contributed by atoms with Crippen molar-refractivity contribution >= 4 is 16.0 Å². The minimum absolute atomic E-state index is 0.0883. The van der Waals surface area contributed by atoms with E-state index in [1.807, 2.05) is 0 Å². The molecule has 1 saturated carbocycles. The van der Waals surface area contributed by atoms with Gasteiger partial charge in [0.05, 0.1) is 6.10 Å². The van der Waals surface area contributed by atoms with E-state index >= 15 is 0 Å². The second-order valence-electron chi connectivity index (χ2n) is 5.72. The Bertz CT molecular complexity index is 647. The molecule has 20 heavy (non-hydrogen) atoms. The maximum Gasteiger partial charge on any atom is 0.352 e. The maximum atomic E-state index is 12.2. The first-order chi connectivity index (χ1) is 9.05. The Hall–Kier alpha value is -1.38. The molecule has 1 heterocycles. The highest BCUT2D eigenvalue weighted by Crippen LogP contribution is 2.41. The molecule has 7 nitrogen and oxygen atoms in total. The number of sulfonamides is 1. The van der Waals surface area contributed by atoms with E-state index < -0.39 is 27.5 Å². The largest absolute Gasteiger partial charge is 0.477 e. The first-order valence-electron chi connectivity index (χ1n) is 6.16. The standard InChI is InChI=1S/C12H18N2O5S/c1-12(2)9(5-10(12)15)13-20(18,19)7-4-8(11(16)17)14(3)6-7/h4,6,9-10,13,15H,5H2,1-3H3,(H,16,17). The van der Waals surface area contributed by atoms with Gasteiger partial charge in [0.25, 0.3) is 0 Å². The van der Waals surface area contributed by atoms with Crippen LogP contribution in [-0.4, -0.2) is 41.3 Å². The summed E-state index contributed by atoms with van der Waals surface area (Å²) in [6.45, 7) is 3.56. The van der Waals surface area contributed by atoms with Crippen LogP contribution in [0.1, 0.15) is 30.8 Å². The molecule has 2 unspecified atom stereocenters. The second kappa shape index (κ2) is 4.57. The van der Waals surface area contributed by atoms with E-state index in [1.165, 1.54) is 17.8 Å². The molecule has 3 N–H and O–H groups in total. The molecule has 1 aromatic heterocycles. The van der Waals surface area contributed by atoms with Crippen LogP contribution in [0, 0.1) is 5.41 Å². The lowest BCUT2D eigenvalue weighted by Crippen LogP contribution is -2.61. The van der Waals surface area contributed by atoms with Gasteiger partial charge in [-0.05, 0) is 12.5 Å². The molecule has 1 aromatic rings. The van der Waals surface area contributed by atoms with Crippen molar-refractivity contribution in [3.05, 3.63) is 18.0 Å². The van der Waals surface area contributed by atoms with Gasteiger partial charge in [-0.1, -0.05) is 13.8 Å². The Labute approximate surface area is 117 Å². The zero-order chi connectivity index (χ0) is 15.3. The summed E-state index contributed by atoms with van der Waals surface area (Å²) in [5.74, 6) is -1.19. The molecule has 1 aliphatic carbocycles. The normalized spacial score (nSPS) is 25.2. The lowest BCUT2D eigenvalue weighted by Gasteiger charge is -2.49. The van der Waals surface area contributed by atoms with Crippen LogP contribution in [0.3, 0.4) is 0 Å². The number of rotatable bonds is 4. The Kier molecular flexibility index (Phi) is 3.43. The first-order valence-corrected chi connectivity index (χ1v) is 7.64. The van der Waals surface area contributed by atoms with Gasteiger partial charge in [-0.15, -0.1) is 0 Å². The first kappa shape index (κ1) is 15.0. The molecule has 0 aromatic carbocycles. The summed E-state index contributed by atoms with van der Waals surface area (Å²) in [5.41, 5.74) is -0.629. The molecule has 0 amide bonds. The van der Waals surface area contributed by atoms with Gasteiger partial charge in [-0.25, -0.2) is 17.9 Å². The number of aryl methyl sites for hydroxylation is 1. The minimum atomic E-state index is -3.80. The summed E-state index contributed by atoms with van der Waals surface area (Å²) in [7, 11) is -2.32. The Balaban J connectivity index is 2.24. The van der Waals surface area contributed by atoms with Crippen LogP contribution >= 0.6 is 0 Å². The molecular formula is C12H18N2O5S. The van der Waals surface area contributed by atoms with Gasteiger partial charge in [-0.2, -0.15) is 0 Å².